The molecule has 0 aliphatic rings. The summed E-state index contributed by atoms with van der Waals surface area (Å²) in [5, 5.41) is 0. The van der Waals surface area contributed by atoms with Crippen LogP contribution in [0.25, 0.3) is 0 Å². The van der Waals surface area contributed by atoms with Gasteiger partial charge in [0, 0.05) is 6.42 Å². The Hall–Kier alpha value is -0.790. The van der Waals surface area contributed by atoms with Crippen molar-refractivity contribution in [2.45, 2.75) is 19.8 Å². The highest BCUT2D eigenvalue weighted by molar-refractivity contribution is 4.86. The van der Waals surface area contributed by atoms with Crippen molar-refractivity contribution >= 4 is 0 Å². The van der Waals surface area contributed by atoms with Gasteiger partial charge in [0.05, 0.1) is 6.20 Å². The third-order valence-electron chi connectivity index (χ3n) is 0.934. The molecule has 0 spiro atoms. The lowest BCUT2D eigenvalue weighted by molar-refractivity contribution is 0.492. The van der Waals surface area contributed by atoms with Gasteiger partial charge in [0.25, 0.3) is 6.39 Å². The molecule has 0 amide bonds. The lowest BCUT2D eigenvalue weighted by Gasteiger charge is -1.83. The second kappa shape index (κ2) is 2.50. The summed E-state index contributed by atoms with van der Waals surface area (Å²) >= 11 is 0. The highest BCUT2D eigenvalue weighted by Gasteiger charge is 1.90. The summed E-state index contributed by atoms with van der Waals surface area (Å²) in [5.41, 5.74) is 0. The SMILES string of the molecule is CCCc1cn[c]o1. The number of hydrogen-bond acceptors (Lipinski definition) is 2. The average Bonchev–Trinajstić information content (AvgIpc) is 2.19. The molecule has 0 aliphatic heterocycles. The molecule has 43 valence electrons. The Morgan fingerprint density at radius 1 is 1.88 bits per heavy atom. The Labute approximate surface area is 48.5 Å². The molecule has 1 rings (SSSR count). The van der Waals surface area contributed by atoms with Gasteiger partial charge in [-0.3, -0.25) is 0 Å². The van der Waals surface area contributed by atoms with Crippen molar-refractivity contribution in [2.24, 2.45) is 0 Å². The van der Waals surface area contributed by atoms with E-state index in [-0.39, 0.29) is 0 Å². The largest absolute Gasteiger partial charge is 0.438 e. The van der Waals surface area contributed by atoms with E-state index >= 15 is 0 Å². The van der Waals surface area contributed by atoms with Crippen LogP contribution in [0.3, 0.4) is 0 Å². The monoisotopic (exact) mass is 110 g/mol. The summed E-state index contributed by atoms with van der Waals surface area (Å²) < 4.78 is 4.84. The summed E-state index contributed by atoms with van der Waals surface area (Å²) in [6.45, 7) is 2.10. The van der Waals surface area contributed by atoms with Crippen LogP contribution in [-0.4, -0.2) is 4.98 Å². The van der Waals surface area contributed by atoms with Crippen molar-refractivity contribution in [3.05, 3.63) is 18.4 Å². The summed E-state index contributed by atoms with van der Waals surface area (Å²) in [4.78, 5) is 3.65. The minimum absolute atomic E-state index is 0.924. The molecule has 1 aromatic heterocycles. The number of rotatable bonds is 2. The van der Waals surface area contributed by atoms with Crippen LogP contribution < -0.4 is 0 Å². The predicted molar refractivity (Wildman–Crippen MR) is 29.3 cm³/mol. The van der Waals surface area contributed by atoms with Crippen LogP contribution >= 0.6 is 0 Å². The Bertz CT molecular complexity index is 134. The van der Waals surface area contributed by atoms with Crippen LogP contribution in [0.2, 0.25) is 0 Å². The van der Waals surface area contributed by atoms with Gasteiger partial charge in [0.1, 0.15) is 5.76 Å². The first-order valence-corrected chi connectivity index (χ1v) is 2.74. The maximum absolute atomic E-state index is 4.84. The minimum atomic E-state index is 0.924. The molecular formula is C6H8NO. The topological polar surface area (TPSA) is 26.0 Å². The van der Waals surface area contributed by atoms with E-state index in [1.807, 2.05) is 0 Å². The molecular weight excluding hydrogens is 102 g/mol. The molecule has 1 heterocycles. The molecule has 0 aliphatic carbocycles. The van der Waals surface area contributed by atoms with E-state index in [1.165, 1.54) is 0 Å². The van der Waals surface area contributed by atoms with Gasteiger partial charge in [-0.05, 0) is 6.42 Å². The Morgan fingerprint density at radius 2 is 2.75 bits per heavy atom. The Morgan fingerprint density at radius 3 is 3.25 bits per heavy atom. The van der Waals surface area contributed by atoms with Crippen molar-refractivity contribution < 1.29 is 4.42 Å². The van der Waals surface area contributed by atoms with E-state index < -0.39 is 0 Å². The number of oxazole rings is 1. The fraction of sp³-hybridized carbons (Fsp3) is 0.500. The van der Waals surface area contributed by atoms with Gasteiger partial charge in [0.2, 0.25) is 0 Å². The number of aromatic nitrogens is 1. The van der Waals surface area contributed by atoms with Gasteiger partial charge in [-0.1, -0.05) is 6.92 Å². The molecule has 0 saturated carbocycles. The molecule has 0 N–H and O–H groups in total. The van der Waals surface area contributed by atoms with Crippen LogP contribution in [0.1, 0.15) is 19.1 Å². The maximum atomic E-state index is 4.84. The van der Waals surface area contributed by atoms with E-state index in [4.69, 9.17) is 4.42 Å². The van der Waals surface area contributed by atoms with Crippen LogP contribution in [0, 0.1) is 6.39 Å². The quantitative estimate of drug-likeness (QED) is 0.575. The van der Waals surface area contributed by atoms with Crippen molar-refractivity contribution in [3.63, 3.8) is 0 Å². The lowest BCUT2D eigenvalue weighted by Crippen LogP contribution is -1.74. The fourth-order valence-electron chi connectivity index (χ4n) is 0.572. The zero-order valence-corrected chi connectivity index (χ0v) is 4.85. The molecule has 1 radical (unpaired) electrons. The third kappa shape index (κ3) is 1.09. The highest BCUT2D eigenvalue weighted by atomic mass is 16.3. The minimum Gasteiger partial charge on any atom is -0.438 e. The smallest absolute Gasteiger partial charge is 0.283 e. The fourth-order valence-corrected chi connectivity index (χ4v) is 0.572. The van der Waals surface area contributed by atoms with E-state index in [0.29, 0.717) is 0 Å². The normalized spacial score (nSPS) is 9.62. The van der Waals surface area contributed by atoms with Crippen molar-refractivity contribution in [1.82, 2.24) is 4.98 Å². The summed E-state index contributed by atoms with van der Waals surface area (Å²) in [7, 11) is 0. The second-order valence-corrected chi connectivity index (χ2v) is 1.67. The van der Waals surface area contributed by atoms with Gasteiger partial charge in [0.15, 0.2) is 0 Å². The zero-order valence-electron chi connectivity index (χ0n) is 4.85. The van der Waals surface area contributed by atoms with Gasteiger partial charge in [-0.25, -0.2) is 4.98 Å². The molecule has 2 heteroatoms. The second-order valence-electron chi connectivity index (χ2n) is 1.67. The maximum Gasteiger partial charge on any atom is 0.283 e. The van der Waals surface area contributed by atoms with Gasteiger partial charge in [-0.2, -0.15) is 0 Å². The number of aryl methyl sites for hydroxylation is 1. The Kier molecular flexibility index (Phi) is 1.67. The first-order chi connectivity index (χ1) is 3.93. The van der Waals surface area contributed by atoms with E-state index in [9.17, 15) is 0 Å². The first kappa shape index (κ1) is 5.35. The molecule has 0 atom stereocenters. The van der Waals surface area contributed by atoms with Crippen molar-refractivity contribution in [2.75, 3.05) is 0 Å². The molecule has 8 heavy (non-hydrogen) atoms. The van der Waals surface area contributed by atoms with Gasteiger partial charge in [-0.15, -0.1) is 0 Å². The Balaban J connectivity index is 2.50. The molecule has 0 saturated heterocycles. The number of nitrogens with zero attached hydrogens (tertiary/aromatic N) is 1. The molecule has 2 nitrogen and oxygen atoms in total. The van der Waals surface area contributed by atoms with E-state index in [0.717, 1.165) is 18.6 Å². The van der Waals surface area contributed by atoms with Crippen LogP contribution in [-0.2, 0) is 6.42 Å². The molecule has 0 aromatic carbocycles. The van der Waals surface area contributed by atoms with Gasteiger partial charge < -0.3 is 4.42 Å². The van der Waals surface area contributed by atoms with Crippen molar-refractivity contribution in [1.29, 1.82) is 0 Å². The molecule has 1 aromatic rings. The van der Waals surface area contributed by atoms with E-state index in [1.54, 1.807) is 6.20 Å². The lowest BCUT2D eigenvalue weighted by atomic mass is 10.3. The summed E-state index contributed by atoms with van der Waals surface area (Å²) in [6.07, 6.45) is 6.16. The molecule has 0 bridgehead atoms. The van der Waals surface area contributed by atoms with Gasteiger partial charge >= 0.3 is 0 Å². The van der Waals surface area contributed by atoms with E-state index in [2.05, 4.69) is 18.3 Å². The molecule has 0 unspecified atom stereocenters. The molecule has 0 fully saturated rings. The standard InChI is InChI=1S/C6H8NO/c1-2-3-6-4-7-5-8-6/h4H,2-3H2,1H3. The van der Waals surface area contributed by atoms with Crippen LogP contribution in [0.15, 0.2) is 10.6 Å². The number of hydrogen-bond donors (Lipinski definition) is 0. The average molecular weight is 110 g/mol. The summed E-state index contributed by atoms with van der Waals surface area (Å²) in [5.74, 6) is 0.924. The predicted octanol–water partition coefficient (Wildman–Crippen LogP) is 1.43. The summed E-state index contributed by atoms with van der Waals surface area (Å²) in [6, 6.07) is 0. The van der Waals surface area contributed by atoms with Crippen LogP contribution in [0.4, 0.5) is 0 Å². The highest BCUT2D eigenvalue weighted by Crippen LogP contribution is 1.98. The first-order valence-electron chi connectivity index (χ1n) is 2.74. The third-order valence-corrected chi connectivity index (χ3v) is 0.934. The van der Waals surface area contributed by atoms with Crippen molar-refractivity contribution in [3.8, 4) is 0 Å². The zero-order chi connectivity index (χ0) is 5.82. The van der Waals surface area contributed by atoms with Crippen LogP contribution in [0.5, 0.6) is 0 Å².